The van der Waals surface area contributed by atoms with Gasteiger partial charge in [-0.1, -0.05) is 41.9 Å². The average Bonchev–Trinajstić information content (AvgIpc) is 3.25. The summed E-state index contributed by atoms with van der Waals surface area (Å²) in [7, 11) is 0. The molecule has 1 amide bonds. The van der Waals surface area contributed by atoms with Crippen LogP contribution in [-0.4, -0.2) is 53.7 Å². The third-order valence-corrected chi connectivity index (χ3v) is 6.44. The highest BCUT2D eigenvalue weighted by Gasteiger charge is 2.36. The number of carbonyl (C=O) groups excluding carboxylic acids is 2. The van der Waals surface area contributed by atoms with Crippen LogP contribution in [0, 0.1) is 11.7 Å². The second kappa shape index (κ2) is 10.4. The number of piperidine rings is 1. The summed E-state index contributed by atoms with van der Waals surface area (Å²) < 4.78 is 18.6. The second-order valence-corrected chi connectivity index (χ2v) is 8.77. The highest BCUT2D eigenvalue weighted by molar-refractivity contribution is 6.31. The van der Waals surface area contributed by atoms with Crippen molar-refractivity contribution in [2.45, 2.75) is 32.2 Å². The number of hydrogen-bond acceptors (Lipinski definition) is 5. The lowest BCUT2D eigenvalue weighted by molar-refractivity contribution is -0.150. The predicted molar refractivity (Wildman–Crippen MR) is 124 cm³/mol. The fraction of sp³-hybridized carbons (Fsp3) is 0.400. The van der Waals surface area contributed by atoms with Crippen LogP contribution in [0.15, 0.2) is 53.6 Å². The summed E-state index contributed by atoms with van der Waals surface area (Å²) in [6.45, 7) is 3.52. The van der Waals surface area contributed by atoms with Crippen molar-refractivity contribution in [1.29, 1.82) is 0 Å². The molecule has 0 N–H and O–H groups in total. The van der Waals surface area contributed by atoms with Crippen LogP contribution in [0.2, 0.25) is 5.02 Å². The van der Waals surface area contributed by atoms with Crippen molar-refractivity contribution in [2.75, 3.05) is 26.2 Å². The monoisotopic (exact) mass is 471 g/mol. The van der Waals surface area contributed by atoms with E-state index in [1.807, 2.05) is 23.1 Å². The number of hydrogen-bond donors (Lipinski definition) is 0. The van der Waals surface area contributed by atoms with Gasteiger partial charge < -0.3 is 4.74 Å². The van der Waals surface area contributed by atoms with Crippen molar-refractivity contribution >= 4 is 29.2 Å². The van der Waals surface area contributed by atoms with Crippen molar-refractivity contribution in [3.05, 3.63) is 70.5 Å². The van der Waals surface area contributed by atoms with Gasteiger partial charge >= 0.3 is 5.97 Å². The molecule has 2 aromatic carbocycles. The van der Waals surface area contributed by atoms with Gasteiger partial charge in [-0.05, 0) is 55.6 Å². The van der Waals surface area contributed by atoms with E-state index in [0.717, 1.165) is 30.5 Å². The van der Waals surface area contributed by atoms with Gasteiger partial charge in [0, 0.05) is 18.0 Å². The molecule has 0 unspecified atom stereocenters. The maximum absolute atomic E-state index is 13.4. The molecule has 6 nitrogen and oxygen atoms in total. The maximum atomic E-state index is 13.4. The standard InChI is InChI=1S/C25H27ClFN3O3/c1-2-33-25(32)18-6-5-13-29(15-18)16-24(31)30-23(20-7-3-4-8-21(20)26)14-22(28-30)17-9-11-19(27)12-10-17/h3-4,7-12,18,23H,2,5-6,13-16H2,1H3/t18-,23+/m1/s1. The molecule has 1 fully saturated rings. The number of likely N-dealkylation sites (tertiary alicyclic amines) is 1. The number of amides is 1. The highest BCUT2D eigenvalue weighted by atomic mass is 35.5. The summed E-state index contributed by atoms with van der Waals surface area (Å²) in [5.74, 6) is -0.917. The van der Waals surface area contributed by atoms with Gasteiger partial charge in [0.1, 0.15) is 5.82 Å². The molecule has 2 aliphatic rings. The first-order chi connectivity index (χ1) is 16.0. The van der Waals surface area contributed by atoms with E-state index in [4.69, 9.17) is 16.3 Å². The molecule has 4 rings (SSSR count). The third-order valence-electron chi connectivity index (χ3n) is 6.09. The maximum Gasteiger partial charge on any atom is 0.310 e. The zero-order chi connectivity index (χ0) is 23.4. The number of hydrazone groups is 1. The number of benzene rings is 2. The summed E-state index contributed by atoms with van der Waals surface area (Å²) >= 11 is 6.46. The molecule has 8 heteroatoms. The first-order valence-corrected chi connectivity index (χ1v) is 11.6. The molecule has 0 saturated carbocycles. The minimum absolute atomic E-state index is 0.150. The molecule has 0 bridgehead atoms. The Morgan fingerprint density at radius 1 is 1.18 bits per heavy atom. The molecule has 174 valence electrons. The topological polar surface area (TPSA) is 62.2 Å². The molecule has 2 heterocycles. The average molecular weight is 472 g/mol. The Morgan fingerprint density at radius 3 is 2.67 bits per heavy atom. The molecular weight excluding hydrogens is 445 g/mol. The number of carbonyl (C=O) groups is 2. The van der Waals surface area contributed by atoms with E-state index in [1.54, 1.807) is 25.1 Å². The summed E-state index contributed by atoms with van der Waals surface area (Å²) in [5.41, 5.74) is 2.29. The van der Waals surface area contributed by atoms with Crippen LogP contribution >= 0.6 is 11.6 Å². The quantitative estimate of drug-likeness (QED) is 0.585. The lowest BCUT2D eigenvalue weighted by atomic mass is 9.97. The Hall–Kier alpha value is -2.77. The van der Waals surface area contributed by atoms with Gasteiger partial charge in [-0.2, -0.15) is 5.10 Å². The van der Waals surface area contributed by atoms with Crippen LogP contribution < -0.4 is 0 Å². The van der Waals surface area contributed by atoms with Crippen molar-refractivity contribution in [3.63, 3.8) is 0 Å². The second-order valence-electron chi connectivity index (χ2n) is 8.36. The van der Waals surface area contributed by atoms with E-state index >= 15 is 0 Å². The van der Waals surface area contributed by atoms with E-state index in [9.17, 15) is 14.0 Å². The number of esters is 1. The van der Waals surface area contributed by atoms with Gasteiger partial charge in [0.15, 0.2) is 0 Å². The number of rotatable bonds is 6. The van der Waals surface area contributed by atoms with Gasteiger partial charge in [0.05, 0.1) is 30.8 Å². The first kappa shape index (κ1) is 23.4. The van der Waals surface area contributed by atoms with Crippen LogP contribution in [0.25, 0.3) is 0 Å². The van der Waals surface area contributed by atoms with Crippen LogP contribution in [0.3, 0.4) is 0 Å². The van der Waals surface area contributed by atoms with Gasteiger partial charge in [-0.15, -0.1) is 0 Å². The SMILES string of the molecule is CCOC(=O)[C@@H]1CCCN(CC(=O)N2N=C(c3ccc(F)cc3)C[C@H]2c2ccccc2Cl)C1. The summed E-state index contributed by atoms with van der Waals surface area (Å²) in [5, 5.41) is 6.70. The smallest absolute Gasteiger partial charge is 0.310 e. The van der Waals surface area contributed by atoms with E-state index < -0.39 is 0 Å². The molecular formula is C25H27ClFN3O3. The molecule has 0 aliphatic carbocycles. The Morgan fingerprint density at radius 2 is 1.94 bits per heavy atom. The van der Waals surface area contributed by atoms with Gasteiger partial charge in [0.2, 0.25) is 0 Å². The van der Waals surface area contributed by atoms with Crippen molar-refractivity contribution in [1.82, 2.24) is 9.91 Å². The molecule has 0 aromatic heterocycles. The van der Waals surface area contributed by atoms with Crippen LogP contribution in [0.1, 0.15) is 43.4 Å². The van der Waals surface area contributed by atoms with Crippen molar-refractivity contribution in [2.24, 2.45) is 11.0 Å². The zero-order valence-corrected chi connectivity index (χ0v) is 19.3. The van der Waals surface area contributed by atoms with E-state index in [1.165, 1.54) is 17.1 Å². The molecule has 2 aliphatic heterocycles. The van der Waals surface area contributed by atoms with E-state index in [-0.39, 0.29) is 36.2 Å². The van der Waals surface area contributed by atoms with Gasteiger partial charge in [-0.25, -0.2) is 9.40 Å². The lowest BCUT2D eigenvalue weighted by Crippen LogP contribution is -2.44. The van der Waals surface area contributed by atoms with Gasteiger partial charge in [0.25, 0.3) is 5.91 Å². The van der Waals surface area contributed by atoms with E-state index in [2.05, 4.69) is 5.10 Å². The van der Waals surface area contributed by atoms with Crippen molar-refractivity contribution < 1.29 is 18.7 Å². The summed E-state index contributed by atoms with van der Waals surface area (Å²) in [6.07, 6.45) is 2.07. The lowest BCUT2D eigenvalue weighted by Gasteiger charge is -2.32. The molecule has 0 spiro atoms. The van der Waals surface area contributed by atoms with Crippen LogP contribution in [0.4, 0.5) is 4.39 Å². The largest absolute Gasteiger partial charge is 0.466 e. The Kier molecular flexibility index (Phi) is 7.40. The molecule has 2 aromatic rings. The molecule has 2 atom stereocenters. The first-order valence-electron chi connectivity index (χ1n) is 11.2. The highest BCUT2D eigenvalue weighted by Crippen LogP contribution is 2.36. The van der Waals surface area contributed by atoms with Crippen LogP contribution in [-0.2, 0) is 14.3 Å². The van der Waals surface area contributed by atoms with E-state index in [0.29, 0.717) is 30.3 Å². The van der Waals surface area contributed by atoms with Crippen molar-refractivity contribution in [3.8, 4) is 0 Å². The minimum atomic E-state index is -0.350. The molecule has 0 radical (unpaired) electrons. The fourth-order valence-corrected chi connectivity index (χ4v) is 4.72. The summed E-state index contributed by atoms with van der Waals surface area (Å²) in [4.78, 5) is 27.6. The Labute approximate surface area is 198 Å². The Balaban J connectivity index is 1.55. The molecule has 1 saturated heterocycles. The minimum Gasteiger partial charge on any atom is -0.466 e. The fourth-order valence-electron chi connectivity index (χ4n) is 4.46. The van der Waals surface area contributed by atoms with Crippen LogP contribution in [0.5, 0.6) is 0 Å². The zero-order valence-electron chi connectivity index (χ0n) is 18.5. The van der Waals surface area contributed by atoms with Gasteiger partial charge in [-0.3, -0.25) is 14.5 Å². The molecule has 33 heavy (non-hydrogen) atoms. The number of halogens is 2. The Bertz CT molecular complexity index is 1040. The third kappa shape index (κ3) is 5.42. The predicted octanol–water partition coefficient (Wildman–Crippen LogP) is 4.43. The summed E-state index contributed by atoms with van der Waals surface area (Å²) in [6, 6.07) is 13.2. The normalized spacial score (nSPS) is 21.1. The number of nitrogens with zero attached hydrogens (tertiary/aromatic N) is 3. The number of ether oxygens (including phenoxy) is 1.